The van der Waals surface area contributed by atoms with E-state index in [1.54, 1.807) is 9.80 Å². The maximum Gasteiger partial charge on any atom is 0.260 e. The van der Waals surface area contributed by atoms with Crippen LogP contribution in [-0.4, -0.2) is 26.6 Å². The average molecular weight is 542 g/mol. The second-order valence-corrected chi connectivity index (χ2v) is 9.90. The minimum Gasteiger partial charge on any atom is -0.330 e. The topological polar surface area (TPSA) is 73.5 Å². The molecule has 0 aliphatic carbocycles. The van der Waals surface area contributed by atoms with E-state index < -0.39 is 11.5 Å². The van der Waals surface area contributed by atoms with Crippen LogP contribution in [0.2, 0.25) is 0 Å². The second kappa shape index (κ2) is 13.2. The zero-order valence-electron chi connectivity index (χ0n) is 22.6. The minimum atomic E-state index is -0.532. The van der Waals surface area contributed by atoms with E-state index in [9.17, 15) is 14.4 Å². The van der Waals surface area contributed by atoms with Crippen LogP contribution < -0.4 is 5.56 Å². The van der Waals surface area contributed by atoms with Crippen LogP contribution in [0, 0.1) is 0 Å². The fraction of sp³-hybridized carbons (Fsp3) is 0.114. The molecule has 5 rings (SSSR count). The normalized spacial score (nSPS) is 10.6. The van der Waals surface area contributed by atoms with Crippen LogP contribution >= 0.6 is 0 Å². The summed E-state index contributed by atoms with van der Waals surface area (Å²) >= 11 is 0. The first-order valence-corrected chi connectivity index (χ1v) is 13.5. The third-order valence-electron chi connectivity index (χ3n) is 6.82. The molecule has 6 heteroatoms. The molecule has 1 N–H and O–H groups in total. The molecule has 5 aromatic rings. The summed E-state index contributed by atoms with van der Waals surface area (Å²) in [5.74, 6) is -0.716. The Morgan fingerprint density at radius 3 is 1.22 bits per heavy atom. The number of rotatable bonds is 10. The van der Waals surface area contributed by atoms with Crippen LogP contribution in [0.3, 0.4) is 0 Å². The van der Waals surface area contributed by atoms with Crippen molar-refractivity contribution in [2.24, 2.45) is 0 Å². The maximum absolute atomic E-state index is 13.9. The van der Waals surface area contributed by atoms with Gasteiger partial charge in [-0.05, 0) is 28.3 Å². The van der Waals surface area contributed by atoms with Gasteiger partial charge >= 0.3 is 0 Å². The standard InChI is InChI=1S/C35H31N3O3/c39-33-32(35(41)38(25-29-17-9-3-10-18-29)26-30-19-11-4-12-20-30)21-31(22-36-33)34(40)37(23-27-13-5-1-6-14-27)24-28-15-7-2-8-16-28/h1-22H,23-26H2,(H,36,39). The number of H-pyrrole nitrogens is 1. The van der Waals surface area contributed by atoms with Crippen molar-refractivity contribution in [1.29, 1.82) is 0 Å². The number of hydrogen-bond donors (Lipinski definition) is 1. The van der Waals surface area contributed by atoms with Gasteiger partial charge in [-0.3, -0.25) is 14.4 Å². The van der Waals surface area contributed by atoms with Gasteiger partial charge in [0.15, 0.2) is 0 Å². The number of carbonyl (C=O) groups is 2. The fourth-order valence-corrected chi connectivity index (χ4v) is 4.73. The summed E-state index contributed by atoms with van der Waals surface area (Å²) in [5, 5.41) is 0. The number of pyridine rings is 1. The molecule has 1 heterocycles. The minimum absolute atomic E-state index is 0.0675. The largest absolute Gasteiger partial charge is 0.330 e. The van der Waals surface area contributed by atoms with Gasteiger partial charge < -0.3 is 14.8 Å². The van der Waals surface area contributed by atoms with E-state index in [4.69, 9.17) is 0 Å². The molecule has 2 amide bonds. The van der Waals surface area contributed by atoms with Crippen molar-refractivity contribution in [3.8, 4) is 0 Å². The van der Waals surface area contributed by atoms with Crippen molar-refractivity contribution in [2.75, 3.05) is 0 Å². The van der Waals surface area contributed by atoms with E-state index in [0.29, 0.717) is 26.2 Å². The van der Waals surface area contributed by atoms with Gasteiger partial charge in [0.1, 0.15) is 5.56 Å². The summed E-state index contributed by atoms with van der Waals surface area (Å²) in [4.78, 5) is 46.7. The predicted molar refractivity (Wildman–Crippen MR) is 160 cm³/mol. The summed E-state index contributed by atoms with van der Waals surface area (Å²) in [5.41, 5.74) is 3.50. The zero-order chi connectivity index (χ0) is 28.4. The highest BCUT2D eigenvalue weighted by Gasteiger charge is 2.24. The van der Waals surface area contributed by atoms with Crippen molar-refractivity contribution < 1.29 is 9.59 Å². The summed E-state index contributed by atoms with van der Waals surface area (Å²) in [6.07, 6.45) is 1.39. The molecule has 0 saturated heterocycles. The van der Waals surface area contributed by atoms with Crippen molar-refractivity contribution in [3.63, 3.8) is 0 Å². The molecule has 0 aliphatic heterocycles. The number of nitrogens with zero attached hydrogens (tertiary/aromatic N) is 2. The second-order valence-electron chi connectivity index (χ2n) is 9.90. The smallest absolute Gasteiger partial charge is 0.260 e. The Morgan fingerprint density at radius 1 is 0.512 bits per heavy atom. The van der Waals surface area contributed by atoms with Gasteiger partial charge in [0.05, 0.1) is 5.56 Å². The molecule has 1 aromatic heterocycles. The van der Waals surface area contributed by atoms with Crippen molar-refractivity contribution in [2.45, 2.75) is 26.2 Å². The number of aromatic amines is 1. The molecule has 204 valence electrons. The monoisotopic (exact) mass is 541 g/mol. The number of nitrogens with one attached hydrogen (secondary N) is 1. The summed E-state index contributed by atoms with van der Waals surface area (Å²) in [6.45, 7) is 1.40. The van der Waals surface area contributed by atoms with Gasteiger partial charge in [0, 0.05) is 32.4 Å². The van der Waals surface area contributed by atoms with Crippen LogP contribution in [-0.2, 0) is 26.2 Å². The van der Waals surface area contributed by atoms with Gasteiger partial charge in [-0.15, -0.1) is 0 Å². The van der Waals surface area contributed by atoms with E-state index in [1.165, 1.54) is 12.3 Å². The van der Waals surface area contributed by atoms with Crippen LogP contribution in [0.15, 0.2) is 138 Å². The molecule has 41 heavy (non-hydrogen) atoms. The Balaban J connectivity index is 1.45. The lowest BCUT2D eigenvalue weighted by Gasteiger charge is -2.25. The van der Waals surface area contributed by atoms with E-state index in [2.05, 4.69) is 4.98 Å². The average Bonchev–Trinajstić information content (AvgIpc) is 3.02. The lowest BCUT2D eigenvalue weighted by molar-refractivity contribution is 0.0725. The molecule has 0 saturated carbocycles. The van der Waals surface area contributed by atoms with Crippen molar-refractivity contribution in [1.82, 2.24) is 14.8 Å². The molecule has 0 fully saturated rings. The molecular weight excluding hydrogens is 510 g/mol. The first kappa shape index (κ1) is 27.3. The summed E-state index contributed by atoms with van der Waals surface area (Å²) in [6, 6.07) is 40.2. The lowest BCUT2D eigenvalue weighted by Crippen LogP contribution is -2.35. The lowest BCUT2D eigenvalue weighted by atomic mass is 10.1. The van der Waals surface area contributed by atoms with Gasteiger partial charge in [-0.25, -0.2) is 0 Å². The molecule has 0 spiro atoms. The van der Waals surface area contributed by atoms with Crippen LogP contribution in [0.1, 0.15) is 43.0 Å². The van der Waals surface area contributed by atoms with Crippen LogP contribution in [0.5, 0.6) is 0 Å². The van der Waals surface area contributed by atoms with Crippen molar-refractivity contribution in [3.05, 3.63) is 177 Å². The maximum atomic E-state index is 13.9. The summed E-state index contributed by atoms with van der Waals surface area (Å²) < 4.78 is 0. The van der Waals surface area contributed by atoms with Gasteiger partial charge in [-0.1, -0.05) is 121 Å². The fourth-order valence-electron chi connectivity index (χ4n) is 4.73. The number of benzene rings is 4. The van der Waals surface area contributed by atoms with Gasteiger partial charge in [0.2, 0.25) is 0 Å². The number of carbonyl (C=O) groups excluding carboxylic acids is 2. The SMILES string of the molecule is O=C(c1c[nH]c(=O)c(C(=O)N(Cc2ccccc2)Cc2ccccc2)c1)N(Cc1ccccc1)Cc1ccccc1. The summed E-state index contributed by atoms with van der Waals surface area (Å²) in [7, 11) is 0. The number of hydrogen-bond acceptors (Lipinski definition) is 3. The molecule has 6 nitrogen and oxygen atoms in total. The van der Waals surface area contributed by atoms with Crippen LogP contribution in [0.4, 0.5) is 0 Å². The quantitative estimate of drug-likeness (QED) is 0.234. The Morgan fingerprint density at radius 2 is 0.854 bits per heavy atom. The number of amides is 2. The molecule has 0 atom stereocenters. The molecule has 0 radical (unpaired) electrons. The van der Waals surface area contributed by atoms with E-state index in [1.807, 2.05) is 121 Å². The highest BCUT2D eigenvalue weighted by Crippen LogP contribution is 2.17. The van der Waals surface area contributed by atoms with E-state index in [0.717, 1.165) is 22.3 Å². The van der Waals surface area contributed by atoms with E-state index >= 15 is 0 Å². The Kier molecular flexibility index (Phi) is 8.81. The van der Waals surface area contributed by atoms with Gasteiger partial charge in [0.25, 0.3) is 17.4 Å². The Hall–Kier alpha value is -5.23. The molecule has 0 unspecified atom stereocenters. The van der Waals surface area contributed by atoms with Crippen molar-refractivity contribution >= 4 is 11.8 Å². The Labute approximate surface area is 239 Å². The third-order valence-corrected chi connectivity index (χ3v) is 6.82. The number of aromatic nitrogens is 1. The highest BCUT2D eigenvalue weighted by molar-refractivity contribution is 5.99. The third kappa shape index (κ3) is 7.25. The zero-order valence-corrected chi connectivity index (χ0v) is 22.6. The van der Waals surface area contributed by atoms with E-state index in [-0.39, 0.29) is 17.0 Å². The predicted octanol–water partition coefficient (Wildman–Crippen LogP) is 6.06. The molecule has 4 aromatic carbocycles. The first-order valence-electron chi connectivity index (χ1n) is 13.5. The van der Waals surface area contributed by atoms with Crippen LogP contribution in [0.25, 0.3) is 0 Å². The first-order chi connectivity index (χ1) is 20.1. The van der Waals surface area contributed by atoms with Gasteiger partial charge in [-0.2, -0.15) is 0 Å². The molecule has 0 bridgehead atoms. The Bertz CT molecular complexity index is 1550. The highest BCUT2D eigenvalue weighted by atomic mass is 16.2. The molecular formula is C35H31N3O3. The molecule has 0 aliphatic rings.